The zero-order valence-corrected chi connectivity index (χ0v) is 16.7. The summed E-state index contributed by atoms with van der Waals surface area (Å²) in [6.07, 6.45) is 8.06. The fraction of sp³-hybridized carbons (Fsp3) is 0.708. The van der Waals surface area contributed by atoms with Gasteiger partial charge >= 0.3 is 0 Å². The van der Waals surface area contributed by atoms with Crippen LogP contribution in [0.4, 0.5) is 0 Å². The molecule has 3 heteroatoms. The van der Waals surface area contributed by atoms with E-state index in [-0.39, 0.29) is 10.8 Å². The second-order valence-electron chi connectivity index (χ2n) is 11.1. The van der Waals surface area contributed by atoms with Gasteiger partial charge in [0.1, 0.15) is 0 Å². The van der Waals surface area contributed by atoms with Crippen LogP contribution in [0, 0.1) is 21.7 Å². The Bertz CT molecular complexity index is 817. The lowest BCUT2D eigenvalue weighted by atomic mass is 9.20. The standard InChI is InChI=1S/C24H32N2O/c1-20-12-21(2)14-23(17-6-4-3-5-7-17)15-22(13-20,16-24(20,21)23)19(27)26-18-8-10-25-11-9-18/h3-7,18,25H,8-16H2,1-2H3,(H,26,27). The van der Waals surface area contributed by atoms with Crippen molar-refractivity contribution in [3.63, 3.8) is 0 Å². The predicted octanol–water partition coefficient (Wildman–Crippen LogP) is 3.78. The van der Waals surface area contributed by atoms with Gasteiger partial charge < -0.3 is 10.6 Å². The summed E-state index contributed by atoms with van der Waals surface area (Å²) < 4.78 is 0. The molecule has 5 atom stereocenters. The summed E-state index contributed by atoms with van der Waals surface area (Å²) >= 11 is 0. The molecule has 27 heavy (non-hydrogen) atoms. The number of hydrogen-bond acceptors (Lipinski definition) is 2. The van der Waals surface area contributed by atoms with Crippen LogP contribution < -0.4 is 10.6 Å². The molecule has 5 aliphatic rings. The first kappa shape index (κ1) is 16.6. The minimum atomic E-state index is -0.135. The van der Waals surface area contributed by atoms with Crippen molar-refractivity contribution in [3.05, 3.63) is 35.9 Å². The molecule has 1 amide bonds. The Morgan fingerprint density at radius 2 is 1.67 bits per heavy atom. The Morgan fingerprint density at radius 1 is 0.963 bits per heavy atom. The minimum absolute atomic E-state index is 0.135. The molecular formula is C24H32N2O. The number of hydrogen-bond donors (Lipinski definition) is 2. The number of nitrogens with one attached hydrogen (secondary N) is 2. The maximum absolute atomic E-state index is 13.7. The van der Waals surface area contributed by atoms with Crippen LogP contribution in [0.3, 0.4) is 0 Å². The quantitative estimate of drug-likeness (QED) is 0.857. The zero-order valence-electron chi connectivity index (χ0n) is 16.7. The van der Waals surface area contributed by atoms with E-state index in [2.05, 4.69) is 54.8 Å². The smallest absolute Gasteiger partial charge is 0.226 e. The molecule has 2 N–H and O–H groups in total. The van der Waals surface area contributed by atoms with Gasteiger partial charge in [0.2, 0.25) is 5.91 Å². The molecule has 1 spiro atoms. The van der Waals surface area contributed by atoms with Crippen LogP contribution in [-0.2, 0) is 10.2 Å². The van der Waals surface area contributed by atoms with E-state index < -0.39 is 0 Å². The molecule has 4 aliphatic carbocycles. The monoisotopic (exact) mass is 364 g/mol. The lowest BCUT2D eigenvalue weighted by molar-refractivity contribution is -0.318. The summed E-state index contributed by atoms with van der Waals surface area (Å²) in [5, 5.41) is 6.92. The topological polar surface area (TPSA) is 41.1 Å². The Labute approximate surface area is 162 Å². The van der Waals surface area contributed by atoms with Gasteiger partial charge in [0.15, 0.2) is 0 Å². The van der Waals surface area contributed by atoms with Crippen molar-refractivity contribution in [2.75, 3.05) is 13.1 Å². The van der Waals surface area contributed by atoms with Crippen molar-refractivity contribution in [2.24, 2.45) is 21.7 Å². The average molecular weight is 365 g/mol. The molecule has 1 heterocycles. The summed E-state index contributed by atoms with van der Waals surface area (Å²) in [4.78, 5) is 13.7. The van der Waals surface area contributed by atoms with Crippen LogP contribution >= 0.6 is 0 Å². The van der Waals surface area contributed by atoms with Gasteiger partial charge in [0, 0.05) is 11.5 Å². The number of piperidine rings is 1. The summed E-state index contributed by atoms with van der Waals surface area (Å²) in [5.74, 6) is 0.381. The molecule has 6 rings (SSSR count). The van der Waals surface area contributed by atoms with Crippen molar-refractivity contribution in [2.45, 2.75) is 70.3 Å². The molecular weight excluding hydrogens is 332 g/mol. The van der Waals surface area contributed by atoms with Crippen molar-refractivity contribution < 1.29 is 4.79 Å². The number of carbonyl (C=O) groups is 1. The maximum Gasteiger partial charge on any atom is 0.226 e. The maximum atomic E-state index is 13.7. The normalized spacial score (nSPS) is 49.9. The zero-order chi connectivity index (χ0) is 18.5. The first-order valence-electron chi connectivity index (χ1n) is 11.0. The van der Waals surface area contributed by atoms with Gasteiger partial charge in [-0.05, 0) is 79.8 Å². The summed E-state index contributed by atoms with van der Waals surface area (Å²) in [7, 11) is 0. The van der Waals surface area contributed by atoms with Crippen molar-refractivity contribution in [1.29, 1.82) is 0 Å². The van der Waals surface area contributed by atoms with Crippen LogP contribution in [0.15, 0.2) is 30.3 Å². The first-order valence-corrected chi connectivity index (χ1v) is 11.0. The molecule has 3 nitrogen and oxygen atoms in total. The molecule has 5 unspecified atom stereocenters. The molecule has 0 radical (unpaired) electrons. The second-order valence-corrected chi connectivity index (χ2v) is 11.1. The number of amides is 1. The molecule has 1 saturated heterocycles. The third-order valence-electron chi connectivity index (χ3n) is 9.80. The Kier molecular flexibility index (Phi) is 2.94. The average Bonchev–Trinajstić information content (AvgIpc) is 3.08. The van der Waals surface area contributed by atoms with Crippen LogP contribution in [0.25, 0.3) is 0 Å². The predicted molar refractivity (Wildman–Crippen MR) is 106 cm³/mol. The Balaban J connectivity index is 1.39. The molecule has 2 bridgehead atoms. The number of fused-ring (bicyclic) bond motifs is 1. The van der Waals surface area contributed by atoms with Crippen molar-refractivity contribution in [1.82, 2.24) is 10.6 Å². The highest BCUT2D eigenvalue weighted by molar-refractivity contribution is 5.86. The lowest BCUT2D eigenvalue weighted by Crippen LogP contribution is -2.79. The highest BCUT2D eigenvalue weighted by atomic mass is 16.2. The fourth-order valence-corrected chi connectivity index (χ4v) is 9.66. The first-order chi connectivity index (χ1) is 12.9. The van der Waals surface area contributed by atoms with E-state index in [1.165, 1.54) is 18.4 Å². The highest BCUT2D eigenvalue weighted by Gasteiger charge is 2.93. The Hall–Kier alpha value is -1.35. The van der Waals surface area contributed by atoms with Crippen molar-refractivity contribution in [3.8, 4) is 0 Å². The van der Waals surface area contributed by atoms with Gasteiger partial charge in [0.25, 0.3) is 0 Å². The Morgan fingerprint density at radius 3 is 2.37 bits per heavy atom. The summed E-state index contributed by atoms with van der Waals surface area (Å²) in [6.45, 7) is 7.09. The van der Waals surface area contributed by atoms with E-state index in [1.54, 1.807) is 0 Å². The van der Waals surface area contributed by atoms with Crippen molar-refractivity contribution >= 4 is 5.91 Å². The molecule has 1 aliphatic heterocycles. The van der Waals surface area contributed by atoms with Gasteiger partial charge in [-0.1, -0.05) is 44.2 Å². The van der Waals surface area contributed by atoms with E-state index in [0.29, 0.717) is 28.2 Å². The van der Waals surface area contributed by atoms with Crippen LogP contribution in [0.2, 0.25) is 0 Å². The summed E-state index contributed by atoms with van der Waals surface area (Å²) in [5.41, 5.74) is 2.75. The third-order valence-corrected chi connectivity index (χ3v) is 9.80. The molecule has 1 aromatic rings. The van der Waals surface area contributed by atoms with Gasteiger partial charge in [-0.3, -0.25) is 4.79 Å². The van der Waals surface area contributed by atoms with E-state index in [1.807, 2.05) is 0 Å². The molecule has 5 fully saturated rings. The second kappa shape index (κ2) is 4.79. The lowest BCUT2D eigenvalue weighted by Gasteiger charge is -2.83. The van der Waals surface area contributed by atoms with Gasteiger partial charge in [-0.25, -0.2) is 0 Å². The van der Waals surface area contributed by atoms with E-state index in [0.717, 1.165) is 45.2 Å². The van der Waals surface area contributed by atoms with Gasteiger partial charge in [-0.15, -0.1) is 0 Å². The molecule has 0 aromatic heterocycles. The van der Waals surface area contributed by atoms with Crippen LogP contribution in [-0.4, -0.2) is 25.0 Å². The van der Waals surface area contributed by atoms with Gasteiger partial charge in [-0.2, -0.15) is 0 Å². The number of rotatable bonds is 3. The SMILES string of the molecule is CC12CC3(C(=O)NC4CCNCC4)CC4(c5ccccc5)CC(C)(C1)C24C3. The number of carbonyl (C=O) groups excluding carboxylic acids is 1. The highest BCUT2D eigenvalue weighted by Crippen LogP contribution is 2.97. The largest absolute Gasteiger partial charge is 0.353 e. The van der Waals surface area contributed by atoms with Crippen LogP contribution in [0.1, 0.15) is 64.4 Å². The molecule has 4 saturated carbocycles. The van der Waals surface area contributed by atoms with E-state index in [9.17, 15) is 4.79 Å². The number of benzene rings is 1. The minimum Gasteiger partial charge on any atom is -0.353 e. The van der Waals surface area contributed by atoms with Crippen LogP contribution in [0.5, 0.6) is 0 Å². The fourth-order valence-electron chi connectivity index (χ4n) is 9.66. The van der Waals surface area contributed by atoms with Gasteiger partial charge in [0.05, 0.1) is 5.41 Å². The summed E-state index contributed by atoms with van der Waals surface area (Å²) in [6, 6.07) is 11.6. The van der Waals surface area contributed by atoms with E-state index >= 15 is 0 Å². The van der Waals surface area contributed by atoms with E-state index in [4.69, 9.17) is 0 Å². The molecule has 1 aromatic carbocycles. The third kappa shape index (κ3) is 1.65. The molecule has 144 valence electrons.